The number of rotatable bonds is 8. The number of hydrogen-bond acceptors (Lipinski definition) is 6. The average Bonchev–Trinajstić information content (AvgIpc) is 2.60. The van der Waals surface area contributed by atoms with E-state index >= 15 is 0 Å². The molecular weight excluding hydrogens is 354 g/mol. The van der Waals surface area contributed by atoms with Crippen LogP contribution in [-0.4, -0.2) is 37.4 Å². The van der Waals surface area contributed by atoms with E-state index in [0.717, 1.165) is 12.1 Å². The highest BCUT2D eigenvalue weighted by Gasteiger charge is 2.09. The summed E-state index contributed by atoms with van der Waals surface area (Å²) >= 11 is 0. The maximum Gasteiger partial charge on any atom is 0.271 e. The highest BCUT2D eigenvalue weighted by molar-refractivity contribution is 7.89. The van der Waals surface area contributed by atoms with Crippen molar-refractivity contribution < 1.29 is 13.2 Å². The predicted molar refractivity (Wildman–Crippen MR) is 99.2 cm³/mol. The van der Waals surface area contributed by atoms with Crippen LogP contribution in [0.1, 0.15) is 29.9 Å². The van der Waals surface area contributed by atoms with Crippen molar-refractivity contribution in [1.82, 2.24) is 15.3 Å². The Balaban J connectivity index is 1.83. The largest absolute Gasteiger partial charge is 0.369 e. The molecule has 0 radical (unpaired) electrons. The Bertz CT molecular complexity index is 834. The van der Waals surface area contributed by atoms with Crippen LogP contribution < -0.4 is 15.8 Å². The van der Waals surface area contributed by atoms with Gasteiger partial charge in [0.25, 0.3) is 5.91 Å². The lowest BCUT2D eigenvalue weighted by Gasteiger charge is -2.08. The molecule has 0 aliphatic carbocycles. The number of nitrogens with zero attached hydrogens (tertiary/aromatic N) is 2. The van der Waals surface area contributed by atoms with Crippen molar-refractivity contribution in [3.05, 3.63) is 47.9 Å². The van der Waals surface area contributed by atoms with Crippen molar-refractivity contribution in [2.75, 3.05) is 18.4 Å². The smallest absolute Gasteiger partial charge is 0.271 e. The van der Waals surface area contributed by atoms with Crippen LogP contribution in [0.15, 0.2) is 41.6 Å². The van der Waals surface area contributed by atoms with Gasteiger partial charge in [-0.25, -0.2) is 23.5 Å². The van der Waals surface area contributed by atoms with Crippen LogP contribution in [0.2, 0.25) is 0 Å². The summed E-state index contributed by atoms with van der Waals surface area (Å²) in [5.74, 6) is 0.804. The fourth-order valence-corrected chi connectivity index (χ4v) is 2.62. The van der Waals surface area contributed by atoms with Crippen molar-refractivity contribution in [1.29, 1.82) is 0 Å². The molecule has 0 aliphatic rings. The van der Waals surface area contributed by atoms with Crippen LogP contribution in [0.3, 0.4) is 0 Å². The lowest BCUT2D eigenvalue weighted by Crippen LogP contribution is -2.26. The number of nitrogens with one attached hydrogen (secondary N) is 2. The Morgan fingerprint density at radius 3 is 2.38 bits per heavy atom. The number of amides is 1. The van der Waals surface area contributed by atoms with Gasteiger partial charge in [0.2, 0.25) is 10.0 Å². The second-order valence-electron chi connectivity index (χ2n) is 6.26. The summed E-state index contributed by atoms with van der Waals surface area (Å²) in [6.07, 6.45) is 3.51. The summed E-state index contributed by atoms with van der Waals surface area (Å²) in [5, 5.41) is 10.9. The van der Waals surface area contributed by atoms with Crippen LogP contribution in [-0.2, 0) is 16.4 Å². The van der Waals surface area contributed by atoms with Gasteiger partial charge in [0.1, 0.15) is 11.5 Å². The van der Waals surface area contributed by atoms with Crippen molar-refractivity contribution >= 4 is 21.7 Å². The maximum absolute atomic E-state index is 12.1. The molecule has 26 heavy (non-hydrogen) atoms. The van der Waals surface area contributed by atoms with E-state index in [2.05, 4.69) is 34.4 Å². The third-order valence-electron chi connectivity index (χ3n) is 3.53. The van der Waals surface area contributed by atoms with E-state index < -0.39 is 10.0 Å². The van der Waals surface area contributed by atoms with Gasteiger partial charge >= 0.3 is 0 Å². The van der Waals surface area contributed by atoms with E-state index in [1.165, 1.54) is 24.5 Å². The molecule has 1 aromatic carbocycles. The van der Waals surface area contributed by atoms with Crippen LogP contribution in [0, 0.1) is 5.92 Å². The molecule has 0 bridgehead atoms. The molecule has 0 atom stereocenters. The fourth-order valence-electron chi connectivity index (χ4n) is 2.10. The molecule has 0 unspecified atom stereocenters. The Kier molecular flexibility index (Phi) is 6.64. The molecule has 1 amide bonds. The van der Waals surface area contributed by atoms with E-state index in [4.69, 9.17) is 5.14 Å². The number of carbonyl (C=O) groups excluding carboxylic acids is 1. The highest BCUT2D eigenvalue weighted by atomic mass is 32.2. The molecule has 8 nitrogen and oxygen atoms in total. The van der Waals surface area contributed by atoms with Gasteiger partial charge in [0.05, 0.1) is 17.3 Å². The number of aromatic nitrogens is 2. The predicted octanol–water partition coefficient (Wildman–Crippen LogP) is 1.16. The van der Waals surface area contributed by atoms with Gasteiger partial charge in [-0.2, -0.15) is 0 Å². The molecular formula is C17H23N5O3S. The van der Waals surface area contributed by atoms with Gasteiger partial charge in [-0.1, -0.05) is 26.0 Å². The SMILES string of the molecule is CC(C)CNc1cnc(C(=O)NCCc2ccc(S(N)(=O)=O)cc2)cn1. The number of carbonyl (C=O) groups is 1. The van der Waals surface area contributed by atoms with Gasteiger partial charge in [-0.3, -0.25) is 4.79 Å². The topological polar surface area (TPSA) is 127 Å². The molecule has 1 heterocycles. The number of benzene rings is 1. The van der Waals surface area contributed by atoms with E-state index in [-0.39, 0.29) is 16.5 Å². The zero-order chi connectivity index (χ0) is 19.2. The zero-order valence-corrected chi connectivity index (χ0v) is 15.6. The molecule has 2 rings (SSSR count). The summed E-state index contributed by atoms with van der Waals surface area (Å²) < 4.78 is 22.4. The molecule has 0 fully saturated rings. The Hall–Kier alpha value is -2.52. The first kappa shape index (κ1) is 19.8. The molecule has 0 saturated carbocycles. The normalized spacial score (nSPS) is 11.4. The Morgan fingerprint density at radius 1 is 1.15 bits per heavy atom. The lowest BCUT2D eigenvalue weighted by atomic mass is 10.1. The van der Waals surface area contributed by atoms with Crippen molar-refractivity contribution in [2.24, 2.45) is 11.1 Å². The van der Waals surface area contributed by atoms with Gasteiger partial charge in [-0.05, 0) is 30.0 Å². The van der Waals surface area contributed by atoms with Gasteiger partial charge in [-0.15, -0.1) is 0 Å². The van der Waals surface area contributed by atoms with E-state index in [1.807, 2.05) is 0 Å². The van der Waals surface area contributed by atoms with E-state index in [1.54, 1.807) is 12.1 Å². The number of primary sulfonamides is 1. The highest BCUT2D eigenvalue weighted by Crippen LogP contribution is 2.09. The summed E-state index contributed by atoms with van der Waals surface area (Å²) in [5.41, 5.74) is 1.13. The van der Waals surface area contributed by atoms with Gasteiger partial charge in [0, 0.05) is 13.1 Å². The minimum Gasteiger partial charge on any atom is -0.369 e. The molecule has 9 heteroatoms. The summed E-state index contributed by atoms with van der Waals surface area (Å²) in [4.78, 5) is 20.4. The maximum atomic E-state index is 12.1. The van der Waals surface area contributed by atoms with Crippen LogP contribution >= 0.6 is 0 Å². The van der Waals surface area contributed by atoms with Crippen molar-refractivity contribution in [3.8, 4) is 0 Å². The first-order valence-electron chi connectivity index (χ1n) is 8.21. The third kappa shape index (κ3) is 6.08. The van der Waals surface area contributed by atoms with E-state index in [9.17, 15) is 13.2 Å². The van der Waals surface area contributed by atoms with Crippen LogP contribution in [0.25, 0.3) is 0 Å². The number of nitrogens with two attached hydrogens (primary N) is 1. The fraction of sp³-hybridized carbons (Fsp3) is 0.353. The molecule has 140 valence electrons. The number of anilines is 1. The first-order chi connectivity index (χ1) is 12.3. The second kappa shape index (κ2) is 8.72. The third-order valence-corrected chi connectivity index (χ3v) is 4.46. The average molecular weight is 377 g/mol. The van der Waals surface area contributed by atoms with Crippen LogP contribution in [0.5, 0.6) is 0 Å². The van der Waals surface area contributed by atoms with Crippen LogP contribution in [0.4, 0.5) is 5.82 Å². The summed E-state index contributed by atoms with van der Waals surface area (Å²) in [6, 6.07) is 6.23. The Morgan fingerprint density at radius 2 is 1.85 bits per heavy atom. The molecule has 0 spiro atoms. The molecule has 0 saturated heterocycles. The summed E-state index contributed by atoms with van der Waals surface area (Å²) in [7, 11) is -3.69. The summed E-state index contributed by atoms with van der Waals surface area (Å²) in [6.45, 7) is 5.35. The quantitative estimate of drug-likeness (QED) is 0.633. The molecule has 2 aromatic rings. The molecule has 4 N–H and O–H groups in total. The standard InChI is InChI=1S/C17H23N5O3S/c1-12(2)9-21-16-11-20-15(10-22-16)17(23)19-8-7-13-3-5-14(6-4-13)26(18,24)25/h3-6,10-12H,7-9H2,1-2H3,(H,19,23)(H,21,22)(H2,18,24,25). The second-order valence-corrected chi connectivity index (χ2v) is 7.82. The minimum absolute atomic E-state index is 0.0618. The molecule has 0 aliphatic heterocycles. The van der Waals surface area contributed by atoms with E-state index in [0.29, 0.717) is 24.7 Å². The monoisotopic (exact) mass is 377 g/mol. The lowest BCUT2D eigenvalue weighted by molar-refractivity contribution is 0.0949. The zero-order valence-electron chi connectivity index (χ0n) is 14.8. The van der Waals surface area contributed by atoms with Crippen molar-refractivity contribution in [2.45, 2.75) is 25.2 Å². The molecule has 1 aromatic heterocycles. The number of sulfonamides is 1. The van der Waals surface area contributed by atoms with Gasteiger partial charge in [0.15, 0.2) is 0 Å². The number of hydrogen-bond donors (Lipinski definition) is 3. The first-order valence-corrected chi connectivity index (χ1v) is 9.76. The Labute approximate surface area is 153 Å². The minimum atomic E-state index is -3.69. The van der Waals surface area contributed by atoms with Crippen molar-refractivity contribution in [3.63, 3.8) is 0 Å². The van der Waals surface area contributed by atoms with Gasteiger partial charge < -0.3 is 10.6 Å².